The molecule has 0 spiro atoms. The second-order valence-corrected chi connectivity index (χ2v) is 6.16. The molecule has 0 fully saturated rings. The van der Waals surface area contributed by atoms with Crippen molar-refractivity contribution in [2.45, 2.75) is 70.6 Å². The quantitative estimate of drug-likeness (QED) is 0.512. The van der Waals surface area contributed by atoms with Crippen LogP contribution in [0.1, 0.15) is 52.9 Å². The van der Waals surface area contributed by atoms with Crippen LogP contribution in [0, 0.1) is 0 Å². The number of aromatic nitrogens is 3. The first kappa shape index (κ1) is 17.8. The van der Waals surface area contributed by atoms with Crippen LogP contribution in [0.3, 0.4) is 0 Å². The molecule has 0 saturated carbocycles. The third kappa shape index (κ3) is 6.37. The predicted molar refractivity (Wildman–Crippen MR) is 85.6 cm³/mol. The highest BCUT2D eigenvalue weighted by Crippen LogP contribution is 2.13. The normalized spacial score (nSPS) is 12.3. The van der Waals surface area contributed by atoms with E-state index in [0.717, 1.165) is 19.3 Å². The zero-order valence-corrected chi connectivity index (χ0v) is 14.0. The zero-order chi connectivity index (χ0) is 15.7. The molecule has 120 valence electrons. The van der Waals surface area contributed by atoms with Crippen molar-refractivity contribution in [2.24, 2.45) is 0 Å². The van der Waals surface area contributed by atoms with Crippen LogP contribution in [0.25, 0.3) is 0 Å². The average molecular weight is 314 g/mol. The maximum atomic E-state index is 11.9. The Kier molecular flexibility index (Phi) is 8.19. The van der Waals surface area contributed by atoms with Gasteiger partial charge in [0.25, 0.3) is 0 Å². The second-order valence-electron chi connectivity index (χ2n) is 5.22. The lowest BCUT2D eigenvalue weighted by atomic mass is 10.1. The minimum atomic E-state index is -0.215. The highest BCUT2D eigenvalue weighted by Gasteiger charge is 2.12. The third-order valence-corrected chi connectivity index (χ3v) is 4.13. The summed E-state index contributed by atoms with van der Waals surface area (Å²) in [6, 6.07) is 0.196. The van der Waals surface area contributed by atoms with Crippen molar-refractivity contribution in [2.75, 3.05) is 5.75 Å². The molecule has 0 aliphatic heterocycles. The van der Waals surface area contributed by atoms with E-state index in [1.54, 1.807) is 4.57 Å². The number of hydrogen-bond donors (Lipinski definition) is 2. The topological polar surface area (TPSA) is 79.8 Å². The van der Waals surface area contributed by atoms with E-state index < -0.39 is 0 Å². The van der Waals surface area contributed by atoms with Crippen LogP contribution in [0.15, 0.2) is 9.95 Å². The Morgan fingerprint density at radius 3 is 2.81 bits per heavy atom. The molecule has 0 aliphatic carbocycles. The first-order valence-corrected chi connectivity index (χ1v) is 8.64. The van der Waals surface area contributed by atoms with Gasteiger partial charge in [0.2, 0.25) is 5.91 Å². The molecule has 0 aliphatic rings. The molecule has 1 rings (SSSR count). The molecule has 0 bridgehead atoms. The molecule has 1 heterocycles. The number of nitrogens with one attached hydrogen (secondary N) is 2. The van der Waals surface area contributed by atoms with Gasteiger partial charge in [-0.25, -0.2) is 9.89 Å². The van der Waals surface area contributed by atoms with Crippen molar-refractivity contribution in [1.29, 1.82) is 0 Å². The van der Waals surface area contributed by atoms with Crippen LogP contribution in [0.4, 0.5) is 0 Å². The van der Waals surface area contributed by atoms with E-state index >= 15 is 0 Å². The second kappa shape index (κ2) is 9.65. The molecule has 0 saturated heterocycles. The summed E-state index contributed by atoms with van der Waals surface area (Å²) in [6.07, 6.45) is 5.39. The van der Waals surface area contributed by atoms with Crippen LogP contribution in [-0.4, -0.2) is 32.5 Å². The van der Waals surface area contributed by atoms with E-state index in [1.807, 2.05) is 13.8 Å². The van der Waals surface area contributed by atoms with Gasteiger partial charge in [-0.2, -0.15) is 0 Å². The number of rotatable bonds is 10. The van der Waals surface area contributed by atoms with Crippen LogP contribution in [-0.2, 0) is 11.3 Å². The van der Waals surface area contributed by atoms with Gasteiger partial charge in [-0.15, -0.1) is 5.10 Å². The number of amides is 1. The van der Waals surface area contributed by atoms with E-state index in [0.29, 0.717) is 11.7 Å². The van der Waals surface area contributed by atoms with Crippen LogP contribution < -0.4 is 11.0 Å². The highest BCUT2D eigenvalue weighted by molar-refractivity contribution is 7.99. The highest BCUT2D eigenvalue weighted by atomic mass is 32.2. The van der Waals surface area contributed by atoms with Gasteiger partial charge in [0.05, 0.1) is 5.75 Å². The van der Waals surface area contributed by atoms with E-state index in [4.69, 9.17) is 0 Å². The van der Waals surface area contributed by atoms with Crippen molar-refractivity contribution >= 4 is 17.7 Å². The molecule has 2 N–H and O–H groups in total. The summed E-state index contributed by atoms with van der Waals surface area (Å²) >= 11 is 1.29. The standard InChI is InChI=1S/C14H26N4O2S/c1-4-6-7-8-11(3)15-12(19)10-21-14-17-16-13(20)18(14)9-5-2/h11H,4-10H2,1-3H3,(H,15,19)(H,16,20). The van der Waals surface area contributed by atoms with Crippen molar-refractivity contribution in [1.82, 2.24) is 20.1 Å². The van der Waals surface area contributed by atoms with E-state index in [1.165, 1.54) is 24.6 Å². The van der Waals surface area contributed by atoms with E-state index in [2.05, 4.69) is 22.4 Å². The predicted octanol–water partition coefficient (Wildman–Crippen LogP) is 2.16. The Morgan fingerprint density at radius 2 is 2.14 bits per heavy atom. The fraction of sp³-hybridized carbons (Fsp3) is 0.786. The van der Waals surface area contributed by atoms with Gasteiger partial charge in [0.15, 0.2) is 5.16 Å². The molecule has 1 amide bonds. The SMILES string of the molecule is CCCCCC(C)NC(=O)CSc1n[nH]c(=O)n1CCC. The monoisotopic (exact) mass is 314 g/mol. The molecule has 6 nitrogen and oxygen atoms in total. The average Bonchev–Trinajstić information content (AvgIpc) is 2.78. The number of thioether (sulfide) groups is 1. The van der Waals surface area contributed by atoms with Crippen molar-refractivity contribution in [3.8, 4) is 0 Å². The summed E-state index contributed by atoms with van der Waals surface area (Å²) in [5.74, 6) is 0.272. The molecule has 1 atom stereocenters. The van der Waals surface area contributed by atoms with Gasteiger partial charge in [-0.05, 0) is 19.8 Å². The molecule has 1 aromatic rings. The largest absolute Gasteiger partial charge is 0.353 e. The molecule has 7 heteroatoms. The third-order valence-electron chi connectivity index (χ3n) is 3.15. The zero-order valence-electron chi connectivity index (χ0n) is 13.1. The van der Waals surface area contributed by atoms with Gasteiger partial charge in [-0.1, -0.05) is 44.9 Å². The van der Waals surface area contributed by atoms with E-state index in [-0.39, 0.29) is 23.4 Å². The maximum Gasteiger partial charge on any atom is 0.343 e. The summed E-state index contributed by atoms with van der Waals surface area (Å²) in [5, 5.41) is 9.94. The summed E-state index contributed by atoms with van der Waals surface area (Å²) in [6.45, 7) is 6.81. The molecule has 1 unspecified atom stereocenters. The molecule has 1 aromatic heterocycles. The smallest absolute Gasteiger partial charge is 0.343 e. The van der Waals surface area contributed by atoms with E-state index in [9.17, 15) is 9.59 Å². The van der Waals surface area contributed by atoms with Crippen molar-refractivity contribution in [3.63, 3.8) is 0 Å². The fourth-order valence-electron chi connectivity index (χ4n) is 2.05. The van der Waals surface area contributed by atoms with Gasteiger partial charge in [0.1, 0.15) is 0 Å². The number of H-pyrrole nitrogens is 1. The Labute approximate surface area is 130 Å². The molecular weight excluding hydrogens is 288 g/mol. The number of nitrogens with zero attached hydrogens (tertiary/aromatic N) is 2. The summed E-state index contributed by atoms with van der Waals surface area (Å²) in [4.78, 5) is 23.4. The number of carbonyl (C=O) groups is 1. The number of hydrogen-bond acceptors (Lipinski definition) is 4. The summed E-state index contributed by atoms with van der Waals surface area (Å²) < 4.78 is 1.57. The van der Waals surface area contributed by atoms with Crippen molar-refractivity contribution < 1.29 is 4.79 Å². The number of aromatic amines is 1. The van der Waals surface area contributed by atoms with Crippen LogP contribution in [0.5, 0.6) is 0 Å². The Balaban J connectivity index is 2.37. The lowest BCUT2D eigenvalue weighted by molar-refractivity contribution is -0.119. The molecule has 0 aromatic carbocycles. The first-order valence-electron chi connectivity index (χ1n) is 7.65. The summed E-state index contributed by atoms with van der Waals surface area (Å²) in [5.41, 5.74) is -0.215. The minimum Gasteiger partial charge on any atom is -0.353 e. The first-order chi connectivity index (χ1) is 10.1. The van der Waals surface area contributed by atoms with Gasteiger partial charge < -0.3 is 5.32 Å². The van der Waals surface area contributed by atoms with Crippen molar-refractivity contribution in [3.05, 3.63) is 10.5 Å². The molecule has 0 radical (unpaired) electrons. The molecular formula is C14H26N4O2S. The minimum absolute atomic E-state index is 0.0116. The Hall–Kier alpha value is -1.24. The van der Waals surface area contributed by atoms with Gasteiger partial charge >= 0.3 is 5.69 Å². The van der Waals surface area contributed by atoms with Crippen LogP contribution >= 0.6 is 11.8 Å². The van der Waals surface area contributed by atoms with Gasteiger partial charge in [0, 0.05) is 12.6 Å². The Morgan fingerprint density at radius 1 is 1.38 bits per heavy atom. The number of carbonyl (C=O) groups excluding carboxylic acids is 1. The fourth-order valence-corrected chi connectivity index (χ4v) is 2.84. The van der Waals surface area contributed by atoms with Crippen LogP contribution in [0.2, 0.25) is 0 Å². The maximum absolute atomic E-state index is 11.9. The number of unbranched alkanes of at least 4 members (excludes halogenated alkanes) is 2. The Bertz CT molecular complexity index is 484. The lowest BCUT2D eigenvalue weighted by Crippen LogP contribution is -2.33. The lowest BCUT2D eigenvalue weighted by Gasteiger charge is -2.13. The van der Waals surface area contributed by atoms with Gasteiger partial charge in [-0.3, -0.25) is 9.36 Å². The molecule has 21 heavy (non-hydrogen) atoms. The summed E-state index contributed by atoms with van der Waals surface area (Å²) in [7, 11) is 0.